The van der Waals surface area contributed by atoms with Crippen LogP contribution in [0.25, 0.3) is 0 Å². The first-order valence-electron chi connectivity index (χ1n) is 4.93. The van der Waals surface area contributed by atoms with E-state index in [0.29, 0.717) is 5.56 Å². The first-order chi connectivity index (χ1) is 8.04. The number of carbonyl (C=O) groups excluding carboxylic acids is 1. The third kappa shape index (κ3) is 4.60. The molecule has 1 amide bonds. The molecule has 0 atom stereocenters. The Morgan fingerprint density at radius 2 is 1.94 bits per heavy atom. The van der Waals surface area contributed by atoms with Gasteiger partial charge in [0.2, 0.25) is 0 Å². The van der Waals surface area contributed by atoms with Crippen molar-refractivity contribution in [2.24, 2.45) is 0 Å². The van der Waals surface area contributed by atoms with E-state index in [4.69, 9.17) is 11.6 Å². The highest BCUT2D eigenvalue weighted by Gasteiger charge is 2.18. The fraction of sp³-hybridized carbons (Fsp3) is 0.364. The van der Waals surface area contributed by atoms with Crippen LogP contribution < -0.4 is 0 Å². The lowest BCUT2D eigenvalue weighted by atomic mass is 10.2. The first kappa shape index (κ1) is 14.4. The Bertz CT molecular complexity index is 372. The Morgan fingerprint density at radius 3 is 2.41 bits per heavy atom. The molecule has 0 fully saturated rings. The molecule has 2 nitrogen and oxygen atoms in total. The number of halogens is 4. The maximum absolute atomic E-state index is 12.3. The van der Waals surface area contributed by atoms with Crippen molar-refractivity contribution < 1.29 is 13.6 Å². The van der Waals surface area contributed by atoms with Gasteiger partial charge in [-0.25, -0.2) is 8.78 Å². The van der Waals surface area contributed by atoms with Crippen molar-refractivity contribution in [1.29, 1.82) is 0 Å². The van der Waals surface area contributed by atoms with E-state index in [1.165, 1.54) is 0 Å². The van der Waals surface area contributed by atoms with Gasteiger partial charge in [0.25, 0.3) is 12.3 Å². The van der Waals surface area contributed by atoms with E-state index in [-0.39, 0.29) is 12.4 Å². The van der Waals surface area contributed by atoms with Crippen LogP contribution in [0.15, 0.2) is 28.7 Å². The third-order valence-corrected chi connectivity index (χ3v) is 2.79. The molecule has 17 heavy (non-hydrogen) atoms. The highest BCUT2D eigenvalue weighted by atomic mass is 79.9. The van der Waals surface area contributed by atoms with Crippen molar-refractivity contribution in [2.75, 3.05) is 19.0 Å². The molecule has 0 aliphatic carbocycles. The van der Waals surface area contributed by atoms with E-state index in [1.54, 1.807) is 24.3 Å². The molecule has 1 aromatic rings. The topological polar surface area (TPSA) is 20.3 Å². The Labute approximate surface area is 112 Å². The minimum Gasteiger partial charge on any atom is -0.332 e. The summed E-state index contributed by atoms with van der Waals surface area (Å²) in [5.74, 6) is -0.298. The SMILES string of the molecule is O=C(c1ccc(Br)cc1)N(CCCl)CC(F)F. The van der Waals surface area contributed by atoms with Crippen LogP contribution in [0.2, 0.25) is 0 Å². The summed E-state index contributed by atoms with van der Waals surface area (Å²) < 4.78 is 25.4. The molecule has 0 saturated heterocycles. The number of carbonyl (C=O) groups is 1. The molecule has 0 radical (unpaired) electrons. The van der Waals surface area contributed by atoms with E-state index < -0.39 is 18.9 Å². The normalized spacial score (nSPS) is 10.6. The lowest BCUT2D eigenvalue weighted by Gasteiger charge is -2.21. The number of alkyl halides is 3. The van der Waals surface area contributed by atoms with Crippen molar-refractivity contribution in [3.05, 3.63) is 34.3 Å². The lowest BCUT2D eigenvalue weighted by molar-refractivity contribution is 0.0571. The molecule has 94 valence electrons. The van der Waals surface area contributed by atoms with Crippen LogP contribution in [0.4, 0.5) is 8.78 Å². The lowest BCUT2D eigenvalue weighted by Crippen LogP contribution is -2.36. The average Bonchev–Trinajstić information content (AvgIpc) is 2.28. The van der Waals surface area contributed by atoms with Gasteiger partial charge in [0.15, 0.2) is 0 Å². The fourth-order valence-electron chi connectivity index (χ4n) is 1.32. The Kier molecular flexibility index (Phi) is 5.85. The number of amides is 1. The first-order valence-corrected chi connectivity index (χ1v) is 6.26. The second kappa shape index (κ2) is 6.91. The summed E-state index contributed by atoms with van der Waals surface area (Å²) in [6.45, 7) is -0.484. The van der Waals surface area contributed by atoms with Gasteiger partial charge in [0, 0.05) is 22.5 Å². The van der Waals surface area contributed by atoms with Crippen LogP contribution >= 0.6 is 27.5 Å². The summed E-state index contributed by atoms with van der Waals surface area (Å²) >= 11 is 8.73. The molecule has 0 N–H and O–H groups in total. The molecule has 1 rings (SSSR count). The van der Waals surface area contributed by atoms with Crippen molar-refractivity contribution >= 4 is 33.4 Å². The van der Waals surface area contributed by atoms with E-state index in [9.17, 15) is 13.6 Å². The van der Waals surface area contributed by atoms with Crippen LogP contribution in [-0.2, 0) is 0 Å². The minimum absolute atomic E-state index is 0.112. The maximum atomic E-state index is 12.3. The highest BCUT2D eigenvalue weighted by molar-refractivity contribution is 9.10. The van der Waals surface area contributed by atoms with Crippen LogP contribution in [0.3, 0.4) is 0 Å². The van der Waals surface area contributed by atoms with Gasteiger partial charge in [-0.05, 0) is 24.3 Å². The van der Waals surface area contributed by atoms with Gasteiger partial charge in [-0.15, -0.1) is 11.6 Å². The van der Waals surface area contributed by atoms with Crippen LogP contribution in [0.5, 0.6) is 0 Å². The van der Waals surface area contributed by atoms with E-state index in [0.717, 1.165) is 9.37 Å². The fourth-order valence-corrected chi connectivity index (χ4v) is 1.79. The molecule has 0 aliphatic rings. The average molecular weight is 327 g/mol. The van der Waals surface area contributed by atoms with Crippen LogP contribution in [-0.4, -0.2) is 36.2 Å². The zero-order chi connectivity index (χ0) is 12.8. The highest BCUT2D eigenvalue weighted by Crippen LogP contribution is 2.13. The molecule has 6 heteroatoms. The standard InChI is InChI=1S/C11H11BrClF2NO/c12-9-3-1-8(2-4-9)11(17)16(6-5-13)7-10(14)15/h1-4,10H,5-7H2. The molecular weight excluding hydrogens is 315 g/mol. The van der Waals surface area contributed by atoms with Crippen molar-refractivity contribution in [2.45, 2.75) is 6.43 Å². The maximum Gasteiger partial charge on any atom is 0.255 e. The van der Waals surface area contributed by atoms with E-state index >= 15 is 0 Å². The Hall–Kier alpha value is -0.680. The van der Waals surface area contributed by atoms with Gasteiger partial charge in [-0.3, -0.25) is 4.79 Å². The number of benzene rings is 1. The second-order valence-electron chi connectivity index (χ2n) is 3.34. The number of rotatable bonds is 5. The Balaban J connectivity index is 2.79. The molecule has 0 bridgehead atoms. The van der Waals surface area contributed by atoms with Crippen molar-refractivity contribution in [3.63, 3.8) is 0 Å². The molecule has 0 heterocycles. The van der Waals surface area contributed by atoms with Crippen LogP contribution in [0.1, 0.15) is 10.4 Å². The molecule has 0 unspecified atom stereocenters. The predicted molar refractivity (Wildman–Crippen MR) is 66.8 cm³/mol. The molecule has 0 aromatic heterocycles. The van der Waals surface area contributed by atoms with Gasteiger partial charge >= 0.3 is 0 Å². The minimum atomic E-state index is -2.56. The largest absolute Gasteiger partial charge is 0.332 e. The Morgan fingerprint density at radius 1 is 1.35 bits per heavy atom. The summed E-state index contributed by atoms with van der Waals surface area (Å²) in [6.07, 6.45) is -2.56. The third-order valence-electron chi connectivity index (χ3n) is 2.09. The van der Waals surface area contributed by atoms with Crippen molar-refractivity contribution in [3.8, 4) is 0 Å². The molecule has 0 aliphatic heterocycles. The van der Waals surface area contributed by atoms with Crippen LogP contribution in [0, 0.1) is 0 Å². The zero-order valence-electron chi connectivity index (χ0n) is 8.88. The van der Waals surface area contributed by atoms with Gasteiger partial charge < -0.3 is 4.90 Å². The molecule has 0 saturated carbocycles. The number of nitrogens with zero attached hydrogens (tertiary/aromatic N) is 1. The zero-order valence-corrected chi connectivity index (χ0v) is 11.2. The van der Waals surface area contributed by atoms with Gasteiger partial charge in [-0.1, -0.05) is 15.9 Å². The summed E-state index contributed by atoms with van der Waals surface area (Å²) in [4.78, 5) is 13.0. The quantitative estimate of drug-likeness (QED) is 0.760. The van der Waals surface area contributed by atoms with Crippen molar-refractivity contribution in [1.82, 2.24) is 4.90 Å². The summed E-state index contributed by atoms with van der Waals surface area (Å²) in [5.41, 5.74) is 0.374. The van der Waals surface area contributed by atoms with Gasteiger partial charge in [0.1, 0.15) is 0 Å². The van der Waals surface area contributed by atoms with Gasteiger partial charge in [0.05, 0.1) is 6.54 Å². The van der Waals surface area contributed by atoms with E-state index in [1.807, 2.05) is 0 Å². The predicted octanol–water partition coefficient (Wildman–Crippen LogP) is 3.40. The molecule has 1 aromatic carbocycles. The number of hydrogen-bond acceptors (Lipinski definition) is 1. The monoisotopic (exact) mass is 325 g/mol. The van der Waals surface area contributed by atoms with Gasteiger partial charge in [-0.2, -0.15) is 0 Å². The smallest absolute Gasteiger partial charge is 0.255 e. The van der Waals surface area contributed by atoms with E-state index in [2.05, 4.69) is 15.9 Å². The molecule has 0 spiro atoms. The second-order valence-corrected chi connectivity index (χ2v) is 4.63. The summed E-state index contributed by atoms with van der Waals surface area (Å²) in [6, 6.07) is 6.54. The summed E-state index contributed by atoms with van der Waals surface area (Å²) in [5, 5.41) is 0. The number of hydrogen-bond donors (Lipinski definition) is 0. The summed E-state index contributed by atoms with van der Waals surface area (Å²) in [7, 11) is 0. The molecular formula is C11H11BrClF2NO.